The molecule has 1 fully saturated rings. The summed E-state index contributed by atoms with van der Waals surface area (Å²) in [6, 6.07) is 12.8. The van der Waals surface area contributed by atoms with E-state index in [2.05, 4.69) is 25.3 Å². The average molecular weight is 472 g/mol. The van der Waals surface area contributed by atoms with E-state index >= 15 is 0 Å². The maximum Gasteiger partial charge on any atom is 0.238 e. The van der Waals surface area contributed by atoms with Crippen LogP contribution >= 0.6 is 0 Å². The lowest BCUT2D eigenvalue weighted by molar-refractivity contribution is 0.202. The molecule has 1 aliphatic rings. The number of methoxy groups -OCH3 is 2. The van der Waals surface area contributed by atoms with Gasteiger partial charge in [0.15, 0.2) is 5.82 Å². The van der Waals surface area contributed by atoms with Crippen molar-refractivity contribution in [2.75, 3.05) is 44.0 Å². The first-order valence-corrected chi connectivity index (χ1v) is 12.4. The molecule has 33 heavy (non-hydrogen) atoms. The summed E-state index contributed by atoms with van der Waals surface area (Å²) in [5, 5.41) is 6.09. The molecule has 2 atom stereocenters. The second kappa shape index (κ2) is 10.3. The summed E-state index contributed by atoms with van der Waals surface area (Å²) >= 11 is 0. The first-order chi connectivity index (χ1) is 16.0. The number of nitrogens with zero attached hydrogens (tertiary/aromatic N) is 2. The van der Waals surface area contributed by atoms with Crippen LogP contribution in [-0.4, -0.2) is 63.6 Å². The molecule has 0 bridgehead atoms. The molecule has 1 saturated heterocycles. The molecule has 176 valence electrons. The Labute approximate surface area is 194 Å². The molecular formula is C23H29N5O4S. The van der Waals surface area contributed by atoms with Crippen LogP contribution in [0.5, 0.6) is 5.75 Å². The SMILES string of the molecule is COCCc1ccc(OC)cc1NC1CNCCC1S(=O)(=O)Nc1cnc2ccccc2n1. The van der Waals surface area contributed by atoms with Crippen molar-refractivity contribution >= 4 is 32.6 Å². The number of nitrogens with one attached hydrogen (secondary N) is 3. The predicted molar refractivity (Wildman–Crippen MR) is 129 cm³/mol. The lowest BCUT2D eigenvalue weighted by Gasteiger charge is -2.33. The fourth-order valence-electron chi connectivity index (χ4n) is 4.02. The molecule has 0 amide bonds. The highest BCUT2D eigenvalue weighted by Crippen LogP contribution is 2.27. The van der Waals surface area contributed by atoms with Gasteiger partial charge in [-0.2, -0.15) is 0 Å². The number of hydrogen-bond acceptors (Lipinski definition) is 8. The topological polar surface area (TPSA) is 114 Å². The van der Waals surface area contributed by atoms with Gasteiger partial charge in [-0.3, -0.25) is 9.71 Å². The van der Waals surface area contributed by atoms with Crippen LogP contribution in [0.3, 0.4) is 0 Å². The number of anilines is 2. The van der Waals surface area contributed by atoms with E-state index in [1.807, 2.05) is 36.4 Å². The zero-order valence-corrected chi connectivity index (χ0v) is 19.6. The van der Waals surface area contributed by atoms with Crippen LogP contribution in [0.2, 0.25) is 0 Å². The number of benzene rings is 2. The highest BCUT2D eigenvalue weighted by molar-refractivity contribution is 7.93. The third kappa shape index (κ3) is 5.52. The van der Waals surface area contributed by atoms with Crippen LogP contribution in [0.25, 0.3) is 11.0 Å². The lowest BCUT2D eigenvalue weighted by Crippen LogP contribution is -2.53. The van der Waals surface area contributed by atoms with Crippen LogP contribution in [-0.2, 0) is 21.2 Å². The number of ether oxygens (including phenoxy) is 2. The van der Waals surface area contributed by atoms with Crippen molar-refractivity contribution in [1.82, 2.24) is 15.3 Å². The number of sulfonamides is 1. The Morgan fingerprint density at radius 3 is 2.76 bits per heavy atom. The van der Waals surface area contributed by atoms with Gasteiger partial charge in [0.25, 0.3) is 0 Å². The largest absolute Gasteiger partial charge is 0.497 e. The van der Waals surface area contributed by atoms with Gasteiger partial charge in [0.2, 0.25) is 10.0 Å². The highest BCUT2D eigenvalue weighted by Gasteiger charge is 2.36. The molecular weight excluding hydrogens is 442 g/mol. The van der Waals surface area contributed by atoms with Crippen molar-refractivity contribution in [1.29, 1.82) is 0 Å². The number of fused-ring (bicyclic) bond motifs is 1. The fraction of sp³-hybridized carbons (Fsp3) is 0.391. The standard InChI is InChI=1S/C23H29N5O4S/c1-31-12-10-16-7-8-17(32-2)13-20(16)26-21-14-24-11-9-22(21)33(29,30)28-23-15-25-18-5-3-4-6-19(18)27-23/h3-8,13,15,21-22,24,26H,9-12,14H2,1-2H3,(H,27,28). The molecule has 2 unspecified atom stereocenters. The number of piperidine rings is 1. The maximum absolute atomic E-state index is 13.4. The number of rotatable bonds is 9. The van der Waals surface area contributed by atoms with Crippen molar-refractivity contribution in [3.05, 3.63) is 54.2 Å². The van der Waals surface area contributed by atoms with Gasteiger partial charge in [0.05, 0.1) is 37.0 Å². The minimum absolute atomic E-state index is 0.216. The molecule has 10 heteroatoms. The van der Waals surface area contributed by atoms with Gasteiger partial charge in [-0.05, 0) is 43.1 Å². The van der Waals surface area contributed by atoms with Crippen LogP contribution in [0.1, 0.15) is 12.0 Å². The quantitative estimate of drug-likeness (QED) is 0.436. The van der Waals surface area contributed by atoms with Crippen molar-refractivity contribution < 1.29 is 17.9 Å². The number of aromatic nitrogens is 2. The summed E-state index contributed by atoms with van der Waals surface area (Å²) in [6.07, 6.45) is 2.62. The van der Waals surface area contributed by atoms with E-state index in [1.165, 1.54) is 6.20 Å². The van der Waals surface area contributed by atoms with Gasteiger partial charge < -0.3 is 20.1 Å². The average Bonchev–Trinajstić information content (AvgIpc) is 2.83. The minimum atomic E-state index is -3.73. The van der Waals surface area contributed by atoms with Crippen LogP contribution < -0.4 is 20.1 Å². The summed E-state index contributed by atoms with van der Waals surface area (Å²) in [5.74, 6) is 0.916. The number of para-hydroxylation sites is 2. The summed E-state index contributed by atoms with van der Waals surface area (Å²) in [7, 11) is -0.463. The molecule has 4 rings (SSSR count). The Bertz CT molecular complexity index is 1200. The van der Waals surface area contributed by atoms with Crippen molar-refractivity contribution in [3.63, 3.8) is 0 Å². The molecule has 1 aromatic heterocycles. The van der Waals surface area contributed by atoms with Crippen LogP contribution in [0, 0.1) is 0 Å². The first kappa shape index (κ1) is 23.2. The second-order valence-corrected chi connectivity index (χ2v) is 9.84. The molecule has 1 aliphatic heterocycles. The maximum atomic E-state index is 13.4. The Morgan fingerprint density at radius 2 is 1.97 bits per heavy atom. The Morgan fingerprint density at radius 1 is 1.15 bits per heavy atom. The predicted octanol–water partition coefficient (Wildman–Crippen LogP) is 2.41. The molecule has 0 saturated carbocycles. The van der Waals surface area contributed by atoms with E-state index < -0.39 is 15.3 Å². The second-order valence-electron chi connectivity index (χ2n) is 7.94. The van der Waals surface area contributed by atoms with E-state index in [0.717, 1.165) is 11.3 Å². The van der Waals surface area contributed by atoms with Crippen LogP contribution in [0.15, 0.2) is 48.7 Å². The van der Waals surface area contributed by atoms with Gasteiger partial charge in [0, 0.05) is 25.4 Å². The van der Waals surface area contributed by atoms with Gasteiger partial charge >= 0.3 is 0 Å². The summed E-state index contributed by atoms with van der Waals surface area (Å²) in [4.78, 5) is 8.73. The zero-order chi connectivity index (χ0) is 23.3. The zero-order valence-electron chi connectivity index (χ0n) is 18.7. The summed E-state index contributed by atoms with van der Waals surface area (Å²) < 4.78 is 40.0. The van der Waals surface area contributed by atoms with Gasteiger partial charge in [-0.15, -0.1) is 0 Å². The Kier molecular flexibility index (Phi) is 7.26. The molecule has 2 heterocycles. The van der Waals surface area contributed by atoms with Crippen LogP contribution in [0.4, 0.5) is 11.5 Å². The van der Waals surface area contributed by atoms with Gasteiger partial charge in [-0.25, -0.2) is 13.4 Å². The fourth-order valence-corrected chi connectivity index (χ4v) is 5.59. The van der Waals surface area contributed by atoms with Gasteiger partial charge in [-0.1, -0.05) is 18.2 Å². The van der Waals surface area contributed by atoms with Crippen molar-refractivity contribution in [3.8, 4) is 5.75 Å². The molecule has 3 aromatic rings. The van der Waals surface area contributed by atoms with E-state index in [4.69, 9.17) is 9.47 Å². The normalized spacial score (nSPS) is 18.7. The van der Waals surface area contributed by atoms with E-state index in [9.17, 15) is 8.42 Å². The first-order valence-electron chi connectivity index (χ1n) is 10.9. The molecule has 0 aliphatic carbocycles. The van der Waals surface area contributed by atoms with Crippen molar-refractivity contribution in [2.45, 2.75) is 24.1 Å². The molecule has 0 spiro atoms. The summed E-state index contributed by atoms with van der Waals surface area (Å²) in [6.45, 7) is 1.69. The Balaban J connectivity index is 1.57. The molecule has 0 radical (unpaired) electrons. The monoisotopic (exact) mass is 471 g/mol. The Hall–Kier alpha value is -2.95. The van der Waals surface area contributed by atoms with Gasteiger partial charge in [0.1, 0.15) is 11.0 Å². The van der Waals surface area contributed by atoms with E-state index in [1.54, 1.807) is 20.3 Å². The number of hydrogen-bond donors (Lipinski definition) is 3. The van der Waals surface area contributed by atoms with Crippen molar-refractivity contribution in [2.24, 2.45) is 0 Å². The third-order valence-corrected chi connectivity index (χ3v) is 7.60. The third-order valence-electron chi connectivity index (χ3n) is 5.75. The molecule has 2 aromatic carbocycles. The molecule has 9 nitrogen and oxygen atoms in total. The van der Waals surface area contributed by atoms with E-state index in [-0.39, 0.29) is 11.9 Å². The summed E-state index contributed by atoms with van der Waals surface area (Å²) in [5.41, 5.74) is 3.22. The molecule has 3 N–H and O–H groups in total. The minimum Gasteiger partial charge on any atom is -0.497 e. The van der Waals surface area contributed by atoms with E-state index in [0.29, 0.717) is 49.3 Å². The lowest BCUT2D eigenvalue weighted by atomic mass is 10.0. The highest BCUT2D eigenvalue weighted by atomic mass is 32.2. The smallest absolute Gasteiger partial charge is 0.238 e.